The van der Waals surface area contributed by atoms with Gasteiger partial charge < -0.3 is 5.32 Å². The van der Waals surface area contributed by atoms with Crippen molar-refractivity contribution in [1.29, 1.82) is 0 Å². The van der Waals surface area contributed by atoms with Gasteiger partial charge in [-0.3, -0.25) is 14.2 Å². The highest BCUT2D eigenvalue weighted by Gasteiger charge is 2.11. The molecule has 0 aliphatic heterocycles. The van der Waals surface area contributed by atoms with E-state index in [1.54, 1.807) is 35.8 Å². The molecule has 2 aromatic carbocycles. The van der Waals surface area contributed by atoms with Crippen molar-refractivity contribution in [3.8, 4) is 0 Å². The number of nitrogens with zero attached hydrogens (tertiary/aromatic N) is 2. The first kappa shape index (κ1) is 19.7. The predicted molar refractivity (Wildman–Crippen MR) is 108 cm³/mol. The fourth-order valence-electron chi connectivity index (χ4n) is 3.21. The van der Waals surface area contributed by atoms with E-state index in [-0.39, 0.29) is 29.7 Å². The number of hydrogen-bond donors (Lipinski definition) is 1. The molecule has 3 rings (SSSR count). The number of rotatable bonds is 7. The van der Waals surface area contributed by atoms with Gasteiger partial charge in [0.05, 0.1) is 10.9 Å². The summed E-state index contributed by atoms with van der Waals surface area (Å²) in [5, 5.41) is 3.52. The zero-order chi connectivity index (χ0) is 20.1. The minimum atomic E-state index is -0.251. The van der Waals surface area contributed by atoms with Gasteiger partial charge in [0.1, 0.15) is 11.6 Å². The minimum absolute atomic E-state index is 0.00917. The maximum Gasteiger partial charge on any atom is 0.261 e. The molecule has 1 amide bonds. The molecule has 5 nitrogen and oxygen atoms in total. The van der Waals surface area contributed by atoms with Gasteiger partial charge >= 0.3 is 0 Å². The fraction of sp³-hybridized carbons (Fsp3) is 0.318. The Labute approximate surface area is 163 Å². The molecule has 0 aliphatic carbocycles. The Morgan fingerprint density at radius 1 is 1.18 bits per heavy atom. The number of hydrogen-bond acceptors (Lipinski definition) is 3. The molecular formula is C22H24FN3O2. The number of carbonyl (C=O) groups is 1. The first-order chi connectivity index (χ1) is 13.4. The van der Waals surface area contributed by atoms with Gasteiger partial charge in [0, 0.05) is 19.0 Å². The third-order valence-electron chi connectivity index (χ3n) is 4.80. The summed E-state index contributed by atoms with van der Waals surface area (Å²) >= 11 is 0. The van der Waals surface area contributed by atoms with Crippen molar-refractivity contribution in [2.75, 3.05) is 0 Å². The molecule has 0 saturated heterocycles. The summed E-state index contributed by atoms with van der Waals surface area (Å²) < 4.78 is 14.5. The van der Waals surface area contributed by atoms with Gasteiger partial charge in [-0.2, -0.15) is 0 Å². The second kappa shape index (κ2) is 8.78. The second-order valence-electron chi connectivity index (χ2n) is 7.02. The molecule has 0 aliphatic rings. The lowest BCUT2D eigenvalue weighted by atomic mass is 10.1. The van der Waals surface area contributed by atoms with E-state index in [0.29, 0.717) is 23.3 Å². The third-order valence-corrected chi connectivity index (χ3v) is 4.80. The quantitative estimate of drug-likeness (QED) is 0.682. The van der Waals surface area contributed by atoms with Crippen LogP contribution in [-0.4, -0.2) is 21.5 Å². The molecule has 3 aromatic rings. The normalized spacial score (nSPS) is 12.1. The van der Waals surface area contributed by atoms with E-state index in [0.717, 1.165) is 18.4 Å². The molecule has 1 heterocycles. The van der Waals surface area contributed by atoms with Crippen molar-refractivity contribution in [3.05, 3.63) is 76.1 Å². The van der Waals surface area contributed by atoms with Crippen molar-refractivity contribution in [2.45, 2.75) is 45.7 Å². The molecule has 0 fully saturated rings. The van der Waals surface area contributed by atoms with Crippen molar-refractivity contribution in [2.24, 2.45) is 0 Å². The van der Waals surface area contributed by atoms with Crippen molar-refractivity contribution in [3.63, 3.8) is 0 Å². The molecule has 6 heteroatoms. The van der Waals surface area contributed by atoms with Crippen LogP contribution in [0.5, 0.6) is 0 Å². The van der Waals surface area contributed by atoms with E-state index < -0.39 is 0 Å². The first-order valence-electron chi connectivity index (χ1n) is 9.44. The standard InChI is InChI=1S/C22H24FN3O2/c1-15(7-8-17-9-11-18(23)12-10-17)24-21(27)13-14-26-16(2)25-20-6-4-3-5-19(20)22(26)28/h3-6,9-12,15H,7-8,13-14H2,1-2H3,(H,24,27)/t15-/m0/s1. The maximum absolute atomic E-state index is 12.9. The number of para-hydroxylation sites is 1. The lowest BCUT2D eigenvalue weighted by molar-refractivity contribution is -0.121. The molecule has 0 radical (unpaired) electrons. The lowest BCUT2D eigenvalue weighted by Gasteiger charge is -2.15. The van der Waals surface area contributed by atoms with E-state index >= 15 is 0 Å². The summed E-state index contributed by atoms with van der Waals surface area (Å²) in [4.78, 5) is 29.4. The molecule has 0 bridgehead atoms. The van der Waals surface area contributed by atoms with Crippen LogP contribution in [0.4, 0.5) is 4.39 Å². The molecule has 0 unspecified atom stereocenters. The average molecular weight is 381 g/mol. The number of nitrogens with one attached hydrogen (secondary N) is 1. The third kappa shape index (κ3) is 4.82. The summed E-state index contributed by atoms with van der Waals surface area (Å²) in [7, 11) is 0. The van der Waals surface area contributed by atoms with Crippen LogP contribution < -0.4 is 10.9 Å². The van der Waals surface area contributed by atoms with Gasteiger partial charge in [0.25, 0.3) is 5.56 Å². The second-order valence-corrected chi connectivity index (χ2v) is 7.02. The Kier molecular flexibility index (Phi) is 6.19. The molecule has 1 atom stereocenters. The largest absolute Gasteiger partial charge is 0.354 e. The maximum atomic E-state index is 12.9. The van der Waals surface area contributed by atoms with Crippen LogP contribution in [0.2, 0.25) is 0 Å². The van der Waals surface area contributed by atoms with Crippen LogP contribution in [0.1, 0.15) is 31.2 Å². The number of amides is 1. The Morgan fingerprint density at radius 3 is 2.64 bits per heavy atom. The Hall–Kier alpha value is -3.02. The topological polar surface area (TPSA) is 64.0 Å². The highest BCUT2D eigenvalue weighted by atomic mass is 19.1. The van der Waals surface area contributed by atoms with E-state index in [1.807, 2.05) is 19.1 Å². The summed E-state index contributed by atoms with van der Waals surface area (Å²) in [6.45, 7) is 4.01. The highest BCUT2D eigenvalue weighted by molar-refractivity contribution is 5.78. The highest BCUT2D eigenvalue weighted by Crippen LogP contribution is 2.09. The molecule has 28 heavy (non-hydrogen) atoms. The molecular weight excluding hydrogens is 357 g/mol. The smallest absolute Gasteiger partial charge is 0.261 e. The van der Waals surface area contributed by atoms with Gasteiger partial charge in [-0.1, -0.05) is 24.3 Å². The van der Waals surface area contributed by atoms with Gasteiger partial charge in [0.2, 0.25) is 5.91 Å². The van der Waals surface area contributed by atoms with E-state index in [2.05, 4.69) is 10.3 Å². The molecule has 1 N–H and O–H groups in total. The van der Waals surface area contributed by atoms with Crippen LogP contribution in [0.3, 0.4) is 0 Å². The zero-order valence-corrected chi connectivity index (χ0v) is 16.1. The van der Waals surface area contributed by atoms with E-state index in [9.17, 15) is 14.0 Å². The Morgan fingerprint density at radius 2 is 1.89 bits per heavy atom. The monoisotopic (exact) mass is 381 g/mol. The Balaban J connectivity index is 1.54. The van der Waals surface area contributed by atoms with Crippen LogP contribution in [0.15, 0.2) is 53.3 Å². The molecule has 146 valence electrons. The fourth-order valence-corrected chi connectivity index (χ4v) is 3.21. The van der Waals surface area contributed by atoms with Gasteiger partial charge in [-0.15, -0.1) is 0 Å². The van der Waals surface area contributed by atoms with Gasteiger partial charge in [0.15, 0.2) is 0 Å². The van der Waals surface area contributed by atoms with Crippen LogP contribution in [0.25, 0.3) is 10.9 Å². The SMILES string of the molecule is Cc1nc2ccccc2c(=O)n1CCC(=O)N[C@@H](C)CCc1ccc(F)cc1. The summed E-state index contributed by atoms with van der Waals surface area (Å²) in [6, 6.07) is 13.6. The molecule has 0 saturated carbocycles. The average Bonchev–Trinajstić information content (AvgIpc) is 2.67. The predicted octanol–water partition coefficient (Wildman–Crippen LogP) is 3.37. The number of carbonyl (C=O) groups excluding carboxylic acids is 1. The summed E-state index contributed by atoms with van der Waals surface area (Å²) in [6.07, 6.45) is 1.73. The number of aryl methyl sites for hydroxylation is 2. The van der Waals surface area contributed by atoms with E-state index in [4.69, 9.17) is 0 Å². The minimum Gasteiger partial charge on any atom is -0.354 e. The molecule has 0 spiro atoms. The van der Waals surface area contributed by atoms with Crippen LogP contribution >= 0.6 is 0 Å². The number of aromatic nitrogens is 2. The first-order valence-corrected chi connectivity index (χ1v) is 9.44. The van der Waals surface area contributed by atoms with Gasteiger partial charge in [-0.25, -0.2) is 9.37 Å². The number of fused-ring (bicyclic) bond motifs is 1. The number of benzene rings is 2. The van der Waals surface area contributed by atoms with Crippen molar-refractivity contribution in [1.82, 2.24) is 14.9 Å². The van der Waals surface area contributed by atoms with Crippen molar-refractivity contribution >= 4 is 16.8 Å². The van der Waals surface area contributed by atoms with Crippen LogP contribution in [-0.2, 0) is 17.8 Å². The summed E-state index contributed by atoms with van der Waals surface area (Å²) in [5.41, 5.74) is 1.58. The zero-order valence-electron chi connectivity index (χ0n) is 16.1. The Bertz CT molecular complexity index is 1030. The summed E-state index contributed by atoms with van der Waals surface area (Å²) in [5.74, 6) is 0.241. The van der Waals surface area contributed by atoms with Crippen LogP contribution in [0, 0.1) is 12.7 Å². The molecule has 1 aromatic heterocycles. The number of halogens is 1. The van der Waals surface area contributed by atoms with Crippen molar-refractivity contribution < 1.29 is 9.18 Å². The van der Waals surface area contributed by atoms with E-state index in [1.165, 1.54) is 12.1 Å². The van der Waals surface area contributed by atoms with Gasteiger partial charge in [-0.05, 0) is 56.5 Å². The lowest BCUT2D eigenvalue weighted by Crippen LogP contribution is -2.34.